The molecule has 106 valence electrons. The van der Waals surface area contributed by atoms with Crippen molar-refractivity contribution in [2.45, 2.75) is 32.9 Å². The zero-order valence-corrected chi connectivity index (χ0v) is 12.5. The molecule has 0 aliphatic carbocycles. The minimum Gasteiger partial charge on any atom is -0.306 e. The number of hydrogen-bond acceptors (Lipinski definition) is 5. The molecule has 0 unspecified atom stereocenters. The summed E-state index contributed by atoms with van der Waals surface area (Å²) in [5.41, 5.74) is 1.68. The monoisotopic (exact) mass is 291 g/mol. The van der Waals surface area contributed by atoms with Crippen LogP contribution in [0.4, 0.5) is 5.69 Å². The fourth-order valence-corrected chi connectivity index (χ4v) is 2.39. The highest BCUT2D eigenvalue weighted by atomic mass is 32.1. The van der Waals surface area contributed by atoms with Crippen LogP contribution in [0.2, 0.25) is 0 Å². The Balaban J connectivity index is 2.16. The van der Waals surface area contributed by atoms with Crippen molar-refractivity contribution < 1.29 is 4.92 Å². The molecule has 1 heterocycles. The van der Waals surface area contributed by atoms with Crippen molar-refractivity contribution in [3.05, 3.63) is 44.8 Å². The highest BCUT2D eigenvalue weighted by Crippen LogP contribution is 2.25. The highest BCUT2D eigenvalue weighted by Gasteiger charge is 2.12. The van der Waals surface area contributed by atoms with Crippen LogP contribution in [0.5, 0.6) is 0 Å². The number of rotatable bonds is 4. The third-order valence-electron chi connectivity index (χ3n) is 2.67. The number of nitrogens with zero attached hydrogens (tertiary/aromatic N) is 2. The normalized spacial score (nSPS) is 11.6. The van der Waals surface area contributed by atoms with Crippen LogP contribution in [0.3, 0.4) is 0 Å². The summed E-state index contributed by atoms with van der Waals surface area (Å²) >= 11 is 1.56. The van der Waals surface area contributed by atoms with Gasteiger partial charge in [-0.1, -0.05) is 12.1 Å². The van der Waals surface area contributed by atoms with Gasteiger partial charge in [0.25, 0.3) is 5.69 Å². The molecule has 1 aromatic heterocycles. The highest BCUT2D eigenvalue weighted by molar-refractivity contribution is 7.09. The van der Waals surface area contributed by atoms with Crippen molar-refractivity contribution >= 4 is 17.0 Å². The van der Waals surface area contributed by atoms with Crippen LogP contribution in [-0.4, -0.2) is 15.4 Å². The van der Waals surface area contributed by atoms with Gasteiger partial charge in [-0.3, -0.25) is 10.1 Å². The van der Waals surface area contributed by atoms with E-state index in [0.29, 0.717) is 6.54 Å². The van der Waals surface area contributed by atoms with Crippen LogP contribution in [0.15, 0.2) is 29.6 Å². The first-order chi connectivity index (χ1) is 9.35. The minimum atomic E-state index is -0.391. The van der Waals surface area contributed by atoms with Gasteiger partial charge < -0.3 is 5.32 Å². The second-order valence-electron chi connectivity index (χ2n) is 5.54. The van der Waals surface area contributed by atoms with E-state index in [9.17, 15) is 10.1 Å². The topological polar surface area (TPSA) is 68.1 Å². The Kier molecular flexibility index (Phi) is 4.15. The Labute approximate surface area is 121 Å². The van der Waals surface area contributed by atoms with E-state index in [1.165, 1.54) is 6.07 Å². The second-order valence-corrected chi connectivity index (χ2v) is 6.48. The molecule has 0 saturated heterocycles. The maximum absolute atomic E-state index is 10.8. The van der Waals surface area contributed by atoms with E-state index in [4.69, 9.17) is 0 Å². The Morgan fingerprint density at radius 3 is 2.80 bits per heavy atom. The van der Waals surface area contributed by atoms with Gasteiger partial charge in [0, 0.05) is 35.2 Å². The molecule has 2 rings (SSSR count). The fraction of sp³-hybridized carbons (Fsp3) is 0.357. The second kappa shape index (κ2) is 5.68. The van der Waals surface area contributed by atoms with Crippen molar-refractivity contribution in [2.24, 2.45) is 0 Å². The average molecular weight is 291 g/mol. The number of hydrogen-bond donors (Lipinski definition) is 1. The molecular formula is C14H17N3O2S. The summed E-state index contributed by atoms with van der Waals surface area (Å²) < 4.78 is 0. The van der Waals surface area contributed by atoms with Crippen molar-refractivity contribution in [2.75, 3.05) is 0 Å². The van der Waals surface area contributed by atoms with Crippen LogP contribution in [0.25, 0.3) is 11.3 Å². The number of aromatic nitrogens is 1. The molecule has 6 heteroatoms. The molecule has 2 aromatic rings. The smallest absolute Gasteiger partial charge is 0.270 e. The molecule has 0 spiro atoms. The number of nitro benzene ring substituents is 1. The molecule has 0 amide bonds. The molecule has 1 aromatic carbocycles. The lowest BCUT2D eigenvalue weighted by molar-refractivity contribution is -0.384. The van der Waals surface area contributed by atoms with Crippen LogP contribution < -0.4 is 5.32 Å². The van der Waals surface area contributed by atoms with E-state index in [2.05, 4.69) is 31.1 Å². The SMILES string of the molecule is CC(C)(C)NCc1nc(-c2cccc([N+](=O)[O-])c2)cs1. The average Bonchev–Trinajstić information content (AvgIpc) is 2.84. The Morgan fingerprint density at radius 2 is 2.15 bits per heavy atom. The molecule has 20 heavy (non-hydrogen) atoms. The maximum Gasteiger partial charge on any atom is 0.270 e. The van der Waals surface area contributed by atoms with E-state index in [-0.39, 0.29) is 11.2 Å². The van der Waals surface area contributed by atoms with Gasteiger partial charge in [-0.2, -0.15) is 0 Å². The summed E-state index contributed by atoms with van der Waals surface area (Å²) in [6.45, 7) is 7.00. The Morgan fingerprint density at radius 1 is 1.40 bits per heavy atom. The zero-order chi connectivity index (χ0) is 14.8. The number of non-ortho nitro benzene ring substituents is 1. The predicted molar refractivity (Wildman–Crippen MR) is 80.8 cm³/mol. The number of nitro groups is 1. The van der Waals surface area contributed by atoms with Crippen LogP contribution >= 0.6 is 11.3 Å². The molecular weight excluding hydrogens is 274 g/mol. The third kappa shape index (κ3) is 3.85. The van der Waals surface area contributed by atoms with Gasteiger partial charge in [-0.05, 0) is 20.8 Å². The Bertz CT molecular complexity index is 617. The van der Waals surface area contributed by atoms with Crippen molar-refractivity contribution in [1.82, 2.24) is 10.3 Å². The number of nitrogens with one attached hydrogen (secondary N) is 1. The molecule has 0 fully saturated rings. The summed E-state index contributed by atoms with van der Waals surface area (Å²) in [6, 6.07) is 6.55. The van der Waals surface area contributed by atoms with Gasteiger partial charge in [0.05, 0.1) is 10.6 Å². The number of benzene rings is 1. The molecule has 0 aliphatic heterocycles. The van der Waals surface area contributed by atoms with E-state index >= 15 is 0 Å². The fourth-order valence-electron chi connectivity index (χ4n) is 1.64. The van der Waals surface area contributed by atoms with E-state index in [1.807, 2.05) is 11.4 Å². The largest absolute Gasteiger partial charge is 0.306 e. The lowest BCUT2D eigenvalue weighted by atomic mass is 10.1. The van der Waals surface area contributed by atoms with Crippen LogP contribution in [0.1, 0.15) is 25.8 Å². The van der Waals surface area contributed by atoms with Crippen molar-refractivity contribution in [3.63, 3.8) is 0 Å². The predicted octanol–water partition coefficient (Wildman–Crippen LogP) is 3.61. The lowest BCUT2D eigenvalue weighted by Gasteiger charge is -2.19. The minimum absolute atomic E-state index is 0.0391. The van der Waals surface area contributed by atoms with Gasteiger partial charge >= 0.3 is 0 Å². The Hall–Kier alpha value is -1.79. The molecule has 0 bridgehead atoms. The van der Waals surface area contributed by atoms with Crippen molar-refractivity contribution in [1.29, 1.82) is 0 Å². The molecule has 0 saturated carbocycles. The zero-order valence-electron chi connectivity index (χ0n) is 11.7. The molecule has 0 atom stereocenters. The molecule has 0 aliphatic rings. The number of thiazole rings is 1. The van der Waals surface area contributed by atoms with Gasteiger partial charge in [0.2, 0.25) is 0 Å². The van der Waals surface area contributed by atoms with Crippen molar-refractivity contribution in [3.8, 4) is 11.3 Å². The van der Waals surface area contributed by atoms with Gasteiger partial charge in [-0.25, -0.2) is 4.98 Å². The summed E-state index contributed by atoms with van der Waals surface area (Å²) in [5, 5.41) is 17.1. The molecule has 5 nitrogen and oxygen atoms in total. The van der Waals surface area contributed by atoms with Gasteiger partial charge in [-0.15, -0.1) is 11.3 Å². The summed E-state index contributed by atoms with van der Waals surface area (Å²) in [7, 11) is 0. The molecule has 0 radical (unpaired) electrons. The summed E-state index contributed by atoms with van der Waals surface area (Å²) in [4.78, 5) is 14.9. The lowest BCUT2D eigenvalue weighted by Crippen LogP contribution is -2.34. The standard InChI is InChI=1S/C14H17N3O2S/c1-14(2,3)15-8-13-16-12(9-20-13)10-5-4-6-11(7-10)17(18)19/h4-7,9,15H,8H2,1-3H3. The van der Waals surface area contributed by atoms with Crippen LogP contribution in [-0.2, 0) is 6.54 Å². The summed E-state index contributed by atoms with van der Waals surface area (Å²) in [6.07, 6.45) is 0. The third-order valence-corrected chi connectivity index (χ3v) is 3.52. The van der Waals surface area contributed by atoms with Crippen LogP contribution in [0, 0.1) is 10.1 Å². The van der Waals surface area contributed by atoms with E-state index < -0.39 is 4.92 Å². The quantitative estimate of drug-likeness (QED) is 0.690. The van der Waals surface area contributed by atoms with Gasteiger partial charge in [0.1, 0.15) is 5.01 Å². The maximum atomic E-state index is 10.8. The van der Waals surface area contributed by atoms with Gasteiger partial charge in [0.15, 0.2) is 0 Å². The van der Waals surface area contributed by atoms with E-state index in [1.54, 1.807) is 23.5 Å². The van der Waals surface area contributed by atoms with E-state index in [0.717, 1.165) is 16.3 Å². The first-order valence-corrected chi connectivity index (χ1v) is 7.17. The first kappa shape index (κ1) is 14.6. The first-order valence-electron chi connectivity index (χ1n) is 6.29. The molecule has 1 N–H and O–H groups in total. The summed E-state index contributed by atoms with van der Waals surface area (Å²) in [5.74, 6) is 0.